The molecule has 0 unspecified atom stereocenters. The fourth-order valence-electron chi connectivity index (χ4n) is 2.75. The lowest BCUT2D eigenvalue weighted by Gasteiger charge is -2.32. The first-order chi connectivity index (χ1) is 9.72. The first-order valence-corrected chi connectivity index (χ1v) is 7.54. The SMILES string of the molecule is CCCN1CCC(Nc2cccc(C(=O)NC)c2)CC1. The molecule has 1 aliphatic heterocycles. The van der Waals surface area contributed by atoms with Crippen molar-refractivity contribution < 1.29 is 4.79 Å². The Labute approximate surface area is 121 Å². The van der Waals surface area contributed by atoms with Gasteiger partial charge >= 0.3 is 0 Å². The van der Waals surface area contributed by atoms with Crippen LogP contribution in [-0.4, -0.2) is 43.5 Å². The molecule has 0 bridgehead atoms. The smallest absolute Gasteiger partial charge is 0.251 e. The Morgan fingerprint density at radius 3 is 2.75 bits per heavy atom. The third kappa shape index (κ3) is 3.97. The van der Waals surface area contributed by atoms with Crippen molar-refractivity contribution in [2.75, 3.05) is 32.0 Å². The first kappa shape index (κ1) is 14.9. The molecular weight excluding hydrogens is 250 g/mol. The van der Waals surface area contributed by atoms with Crippen LogP contribution >= 0.6 is 0 Å². The maximum Gasteiger partial charge on any atom is 0.251 e. The molecule has 1 heterocycles. The molecule has 0 aromatic heterocycles. The van der Waals surface area contributed by atoms with Gasteiger partial charge in [-0.2, -0.15) is 0 Å². The molecule has 1 aromatic carbocycles. The van der Waals surface area contributed by atoms with E-state index in [-0.39, 0.29) is 5.91 Å². The molecule has 1 aromatic rings. The molecule has 2 rings (SSSR count). The van der Waals surface area contributed by atoms with Gasteiger partial charge in [0.1, 0.15) is 0 Å². The van der Waals surface area contributed by atoms with Crippen LogP contribution in [0, 0.1) is 0 Å². The lowest BCUT2D eigenvalue weighted by atomic mass is 10.0. The Balaban J connectivity index is 1.89. The van der Waals surface area contributed by atoms with Crippen LogP contribution in [0.2, 0.25) is 0 Å². The van der Waals surface area contributed by atoms with Gasteiger partial charge in [0.25, 0.3) is 5.91 Å². The van der Waals surface area contributed by atoms with Crippen molar-refractivity contribution in [3.63, 3.8) is 0 Å². The molecule has 4 nitrogen and oxygen atoms in total. The zero-order chi connectivity index (χ0) is 14.4. The first-order valence-electron chi connectivity index (χ1n) is 7.54. The summed E-state index contributed by atoms with van der Waals surface area (Å²) in [5.41, 5.74) is 1.75. The molecule has 0 spiro atoms. The van der Waals surface area contributed by atoms with Gasteiger partial charge in [0, 0.05) is 37.4 Å². The van der Waals surface area contributed by atoms with Gasteiger partial charge in [-0.1, -0.05) is 13.0 Å². The molecule has 1 saturated heterocycles. The zero-order valence-electron chi connectivity index (χ0n) is 12.5. The minimum atomic E-state index is -0.0357. The van der Waals surface area contributed by atoms with E-state index in [1.54, 1.807) is 7.05 Å². The van der Waals surface area contributed by atoms with Crippen LogP contribution in [0.15, 0.2) is 24.3 Å². The van der Waals surface area contributed by atoms with Crippen LogP contribution in [0.5, 0.6) is 0 Å². The maximum absolute atomic E-state index is 11.6. The number of nitrogens with zero attached hydrogens (tertiary/aromatic N) is 1. The number of nitrogens with one attached hydrogen (secondary N) is 2. The molecule has 0 aliphatic carbocycles. The highest BCUT2D eigenvalue weighted by atomic mass is 16.1. The van der Waals surface area contributed by atoms with Crippen LogP contribution in [0.4, 0.5) is 5.69 Å². The summed E-state index contributed by atoms with van der Waals surface area (Å²) in [4.78, 5) is 14.2. The number of carbonyl (C=O) groups is 1. The van der Waals surface area contributed by atoms with E-state index in [4.69, 9.17) is 0 Å². The highest BCUT2D eigenvalue weighted by molar-refractivity contribution is 5.94. The normalized spacial score (nSPS) is 16.9. The number of amides is 1. The van der Waals surface area contributed by atoms with Crippen molar-refractivity contribution >= 4 is 11.6 Å². The average molecular weight is 275 g/mol. The molecule has 110 valence electrons. The van der Waals surface area contributed by atoms with Crippen molar-refractivity contribution in [3.8, 4) is 0 Å². The second-order valence-electron chi connectivity index (χ2n) is 5.42. The number of likely N-dealkylation sites (tertiary alicyclic amines) is 1. The number of carbonyl (C=O) groups excluding carboxylic acids is 1. The molecule has 20 heavy (non-hydrogen) atoms. The standard InChI is InChI=1S/C16H25N3O/c1-3-9-19-10-7-14(8-11-19)18-15-6-4-5-13(12-15)16(20)17-2/h4-6,12,14,18H,3,7-11H2,1-2H3,(H,17,20). The van der Waals surface area contributed by atoms with Gasteiger partial charge in [-0.15, -0.1) is 0 Å². The largest absolute Gasteiger partial charge is 0.382 e. The molecule has 0 radical (unpaired) electrons. The third-order valence-electron chi connectivity index (χ3n) is 3.85. The number of rotatable bonds is 5. The number of benzene rings is 1. The second-order valence-corrected chi connectivity index (χ2v) is 5.42. The second kappa shape index (κ2) is 7.29. The highest BCUT2D eigenvalue weighted by Gasteiger charge is 2.18. The van der Waals surface area contributed by atoms with Crippen molar-refractivity contribution in [2.24, 2.45) is 0 Å². The summed E-state index contributed by atoms with van der Waals surface area (Å²) < 4.78 is 0. The van der Waals surface area contributed by atoms with E-state index in [9.17, 15) is 4.79 Å². The Morgan fingerprint density at radius 2 is 2.10 bits per heavy atom. The summed E-state index contributed by atoms with van der Waals surface area (Å²) in [6, 6.07) is 8.25. The van der Waals surface area contributed by atoms with Crippen LogP contribution in [0.25, 0.3) is 0 Å². The molecule has 4 heteroatoms. The van der Waals surface area contributed by atoms with Crippen molar-refractivity contribution in [1.29, 1.82) is 0 Å². The van der Waals surface area contributed by atoms with E-state index >= 15 is 0 Å². The van der Waals surface area contributed by atoms with Gasteiger partial charge in [-0.05, 0) is 44.0 Å². The summed E-state index contributed by atoms with van der Waals surface area (Å²) in [6.45, 7) is 5.77. The van der Waals surface area contributed by atoms with Crippen molar-refractivity contribution in [3.05, 3.63) is 29.8 Å². The summed E-state index contributed by atoms with van der Waals surface area (Å²) in [5.74, 6) is -0.0357. The van der Waals surface area contributed by atoms with Crippen molar-refractivity contribution in [1.82, 2.24) is 10.2 Å². The summed E-state index contributed by atoms with van der Waals surface area (Å²) in [7, 11) is 1.66. The van der Waals surface area contributed by atoms with Gasteiger partial charge in [-0.25, -0.2) is 0 Å². The Morgan fingerprint density at radius 1 is 1.35 bits per heavy atom. The Bertz CT molecular complexity index is 439. The van der Waals surface area contributed by atoms with Crippen molar-refractivity contribution in [2.45, 2.75) is 32.2 Å². The molecule has 1 amide bonds. The average Bonchev–Trinajstić information content (AvgIpc) is 2.49. The summed E-state index contributed by atoms with van der Waals surface area (Å²) >= 11 is 0. The predicted octanol–water partition coefficient (Wildman–Crippen LogP) is 2.33. The van der Waals surface area contributed by atoms with Crippen LogP contribution in [0.3, 0.4) is 0 Å². The monoisotopic (exact) mass is 275 g/mol. The van der Waals surface area contributed by atoms with E-state index in [0.29, 0.717) is 11.6 Å². The molecule has 0 saturated carbocycles. The fourth-order valence-corrected chi connectivity index (χ4v) is 2.75. The van der Waals surface area contributed by atoms with Crippen LogP contribution < -0.4 is 10.6 Å². The van der Waals surface area contributed by atoms with E-state index in [1.165, 1.54) is 38.9 Å². The predicted molar refractivity (Wildman–Crippen MR) is 83.2 cm³/mol. The molecule has 1 aliphatic rings. The number of hydrogen-bond donors (Lipinski definition) is 2. The quantitative estimate of drug-likeness (QED) is 0.867. The molecule has 1 fully saturated rings. The third-order valence-corrected chi connectivity index (χ3v) is 3.85. The topological polar surface area (TPSA) is 44.4 Å². The zero-order valence-corrected chi connectivity index (χ0v) is 12.5. The van der Waals surface area contributed by atoms with Crippen LogP contribution in [-0.2, 0) is 0 Å². The number of anilines is 1. The minimum absolute atomic E-state index is 0.0357. The lowest BCUT2D eigenvalue weighted by molar-refractivity contribution is 0.0963. The van der Waals surface area contributed by atoms with Gasteiger partial charge in [-0.3, -0.25) is 4.79 Å². The Kier molecular flexibility index (Phi) is 5.41. The lowest BCUT2D eigenvalue weighted by Crippen LogP contribution is -2.39. The minimum Gasteiger partial charge on any atom is -0.382 e. The number of piperidine rings is 1. The van der Waals surface area contributed by atoms with Gasteiger partial charge in [0.05, 0.1) is 0 Å². The molecule has 0 atom stereocenters. The molecule has 2 N–H and O–H groups in total. The van der Waals surface area contributed by atoms with E-state index < -0.39 is 0 Å². The van der Waals surface area contributed by atoms with E-state index in [2.05, 4.69) is 22.5 Å². The van der Waals surface area contributed by atoms with Gasteiger partial charge < -0.3 is 15.5 Å². The Hall–Kier alpha value is -1.55. The van der Waals surface area contributed by atoms with E-state index in [1.807, 2.05) is 24.3 Å². The summed E-state index contributed by atoms with van der Waals surface area (Å²) in [5, 5.41) is 6.21. The molecular formula is C16H25N3O. The highest BCUT2D eigenvalue weighted by Crippen LogP contribution is 2.18. The number of hydrogen-bond acceptors (Lipinski definition) is 3. The fraction of sp³-hybridized carbons (Fsp3) is 0.562. The van der Waals surface area contributed by atoms with Gasteiger partial charge in [0.15, 0.2) is 0 Å². The maximum atomic E-state index is 11.6. The summed E-state index contributed by atoms with van der Waals surface area (Å²) in [6.07, 6.45) is 3.57. The van der Waals surface area contributed by atoms with Gasteiger partial charge in [0.2, 0.25) is 0 Å². The van der Waals surface area contributed by atoms with Crippen LogP contribution in [0.1, 0.15) is 36.5 Å². The van der Waals surface area contributed by atoms with E-state index in [0.717, 1.165) is 5.69 Å².